The third kappa shape index (κ3) is 3.96. The molecule has 2 atom stereocenters. The monoisotopic (exact) mass is 336 g/mol. The standard InChI is InChI=1S/C17H28N4O3/c1-3-13(4-2)20-16(22)15-7-17(11-23-15)10-21(5-6-24-17)9-14-8-18-12-19-14/h8,12-13,15H,3-7,9-11H2,1-2H3,(H,18,19)(H,20,22). The van der Waals surface area contributed by atoms with Gasteiger partial charge in [0, 0.05) is 44.0 Å². The van der Waals surface area contributed by atoms with E-state index in [-0.39, 0.29) is 17.6 Å². The van der Waals surface area contributed by atoms with Crippen LogP contribution in [0.15, 0.2) is 12.5 Å². The van der Waals surface area contributed by atoms with E-state index in [1.54, 1.807) is 6.33 Å². The Morgan fingerprint density at radius 1 is 1.54 bits per heavy atom. The molecule has 0 bridgehead atoms. The summed E-state index contributed by atoms with van der Waals surface area (Å²) in [6, 6.07) is 0.224. The highest BCUT2D eigenvalue weighted by Crippen LogP contribution is 2.32. The zero-order valence-corrected chi connectivity index (χ0v) is 14.6. The summed E-state index contributed by atoms with van der Waals surface area (Å²) in [5, 5.41) is 3.08. The first-order valence-electron chi connectivity index (χ1n) is 8.89. The molecule has 1 aromatic heterocycles. The quantitative estimate of drug-likeness (QED) is 0.812. The van der Waals surface area contributed by atoms with Crippen LogP contribution in [0.3, 0.4) is 0 Å². The van der Waals surface area contributed by atoms with E-state index in [1.807, 2.05) is 6.20 Å². The SMILES string of the molecule is CCC(CC)NC(=O)C1CC2(CO1)CN(Cc1cnc[nH]1)CCO2. The Bertz CT molecular complexity index is 532. The van der Waals surface area contributed by atoms with Crippen molar-refractivity contribution in [3.63, 3.8) is 0 Å². The molecular weight excluding hydrogens is 308 g/mol. The molecule has 0 saturated carbocycles. The Labute approximate surface area is 143 Å². The van der Waals surface area contributed by atoms with Gasteiger partial charge < -0.3 is 19.8 Å². The van der Waals surface area contributed by atoms with Crippen LogP contribution in [0.2, 0.25) is 0 Å². The summed E-state index contributed by atoms with van der Waals surface area (Å²) in [7, 11) is 0. The molecule has 1 aromatic rings. The summed E-state index contributed by atoms with van der Waals surface area (Å²) >= 11 is 0. The summed E-state index contributed by atoms with van der Waals surface area (Å²) < 4.78 is 11.8. The van der Waals surface area contributed by atoms with Gasteiger partial charge in [-0.3, -0.25) is 9.69 Å². The molecule has 2 aliphatic heterocycles. The summed E-state index contributed by atoms with van der Waals surface area (Å²) in [6.07, 6.45) is 5.64. The maximum Gasteiger partial charge on any atom is 0.249 e. The number of carbonyl (C=O) groups is 1. The van der Waals surface area contributed by atoms with Crippen LogP contribution in [0.1, 0.15) is 38.8 Å². The van der Waals surface area contributed by atoms with Gasteiger partial charge in [-0.15, -0.1) is 0 Å². The second-order valence-corrected chi connectivity index (χ2v) is 6.84. The number of hydrogen-bond donors (Lipinski definition) is 2. The highest BCUT2D eigenvalue weighted by Gasteiger charge is 2.47. The first kappa shape index (κ1) is 17.4. The van der Waals surface area contributed by atoms with Crippen molar-refractivity contribution in [2.75, 3.05) is 26.3 Å². The van der Waals surface area contributed by atoms with Crippen LogP contribution in [-0.4, -0.2) is 64.8 Å². The minimum absolute atomic E-state index is 0.00475. The van der Waals surface area contributed by atoms with Crippen LogP contribution in [0.4, 0.5) is 0 Å². The third-order valence-electron chi connectivity index (χ3n) is 5.01. The fourth-order valence-corrected chi connectivity index (χ4v) is 3.54. The predicted octanol–water partition coefficient (Wildman–Crippen LogP) is 1.07. The molecule has 2 aliphatic rings. The molecule has 2 unspecified atom stereocenters. The van der Waals surface area contributed by atoms with E-state index in [4.69, 9.17) is 9.47 Å². The van der Waals surface area contributed by atoms with E-state index in [9.17, 15) is 4.79 Å². The molecule has 1 amide bonds. The molecule has 0 aliphatic carbocycles. The van der Waals surface area contributed by atoms with Crippen LogP contribution < -0.4 is 5.32 Å². The Balaban J connectivity index is 1.55. The van der Waals surface area contributed by atoms with Gasteiger partial charge in [-0.05, 0) is 12.8 Å². The zero-order valence-electron chi connectivity index (χ0n) is 14.6. The maximum absolute atomic E-state index is 12.4. The number of aromatic nitrogens is 2. The molecule has 2 saturated heterocycles. The first-order valence-corrected chi connectivity index (χ1v) is 8.89. The summed E-state index contributed by atoms with van der Waals surface area (Å²) in [4.78, 5) is 22.0. The molecule has 134 valence electrons. The molecule has 7 heteroatoms. The Kier molecular flexibility index (Phi) is 5.53. The molecule has 2 N–H and O–H groups in total. The van der Waals surface area contributed by atoms with Crippen LogP contribution in [0.5, 0.6) is 0 Å². The smallest absolute Gasteiger partial charge is 0.249 e. The number of aromatic amines is 1. The van der Waals surface area contributed by atoms with Gasteiger partial charge in [0.25, 0.3) is 0 Å². The van der Waals surface area contributed by atoms with E-state index in [2.05, 4.69) is 34.0 Å². The van der Waals surface area contributed by atoms with Crippen molar-refractivity contribution in [2.45, 2.75) is 57.4 Å². The van der Waals surface area contributed by atoms with Gasteiger partial charge in [0.05, 0.1) is 19.5 Å². The number of imidazole rings is 1. The average Bonchev–Trinajstić information content (AvgIpc) is 3.23. The number of H-pyrrole nitrogens is 1. The van der Waals surface area contributed by atoms with E-state index in [1.165, 1.54) is 0 Å². The molecule has 3 heterocycles. The predicted molar refractivity (Wildman–Crippen MR) is 89.4 cm³/mol. The zero-order chi connectivity index (χ0) is 17.0. The van der Waals surface area contributed by atoms with Crippen molar-refractivity contribution >= 4 is 5.91 Å². The lowest BCUT2D eigenvalue weighted by Crippen LogP contribution is -2.52. The molecule has 2 fully saturated rings. The van der Waals surface area contributed by atoms with Crippen molar-refractivity contribution in [3.8, 4) is 0 Å². The highest BCUT2D eigenvalue weighted by molar-refractivity contribution is 5.81. The number of ether oxygens (including phenoxy) is 2. The number of amides is 1. The average molecular weight is 336 g/mol. The number of rotatable bonds is 6. The Hall–Kier alpha value is -1.44. The summed E-state index contributed by atoms with van der Waals surface area (Å²) in [5.74, 6) is -0.00475. The summed E-state index contributed by atoms with van der Waals surface area (Å²) in [5.41, 5.74) is 0.725. The largest absolute Gasteiger partial charge is 0.370 e. The van der Waals surface area contributed by atoms with E-state index < -0.39 is 6.10 Å². The van der Waals surface area contributed by atoms with Crippen molar-refractivity contribution in [3.05, 3.63) is 18.2 Å². The van der Waals surface area contributed by atoms with Gasteiger partial charge in [0.15, 0.2) is 0 Å². The van der Waals surface area contributed by atoms with Gasteiger partial charge in [-0.1, -0.05) is 13.8 Å². The second-order valence-electron chi connectivity index (χ2n) is 6.84. The lowest BCUT2D eigenvalue weighted by Gasteiger charge is -2.39. The molecule has 0 radical (unpaired) electrons. The van der Waals surface area contributed by atoms with Crippen LogP contribution in [0.25, 0.3) is 0 Å². The van der Waals surface area contributed by atoms with Crippen molar-refractivity contribution in [1.82, 2.24) is 20.2 Å². The van der Waals surface area contributed by atoms with Crippen molar-refractivity contribution in [1.29, 1.82) is 0 Å². The van der Waals surface area contributed by atoms with Crippen molar-refractivity contribution < 1.29 is 14.3 Å². The van der Waals surface area contributed by atoms with Crippen LogP contribution >= 0.6 is 0 Å². The van der Waals surface area contributed by atoms with Gasteiger partial charge >= 0.3 is 0 Å². The van der Waals surface area contributed by atoms with E-state index in [0.29, 0.717) is 19.6 Å². The second kappa shape index (κ2) is 7.63. The van der Waals surface area contributed by atoms with Gasteiger partial charge in [0.2, 0.25) is 5.91 Å². The lowest BCUT2D eigenvalue weighted by molar-refractivity contribution is -0.130. The number of nitrogens with zero attached hydrogens (tertiary/aromatic N) is 2. The van der Waals surface area contributed by atoms with Gasteiger partial charge in [-0.25, -0.2) is 4.98 Å². The molecule has 1 spiro atoms. The summed E-state index contributed by atoms with van der Waals surface area (Å²) in [6.45, 7) is 7.79. The molecule has 0 aromatic carbocycles. The molecular formula is C17H28N4O3. The molecule has 7 nitrogen and oxygen atoms in total. The maximum atomic E-state index is 12.4. The fourth-order valence-electron chi connectivity index (χ4n) is 3.54. The minimum atomic E-state index is -0.405. The number of nitrogens with one attached hydrogen (secondary N) is 2. The topological polar surface area (TPSA) is 79.5 Å². The van der Waals surface area contributed by atoms with Gasteiger partial charge in [-0.2, -0.15) is 0 Å². The normalized spacial score (nSPS) is 27.9. The van der Waals surface area contributed by atoms with E-state index in [0.717, 1.165) is 38.2 Å². The first-order chi connectivity index (χ1) is 11.6. The fraction of sp³-hybridized carbons (Fsp3) is 0.765. The lowest BCUT2D eigenvalue weighted by atomic mass is 9.97. The number of hydrogen-bond acceptors (Lipinski definition) is 5. The Morgan fingerprint density at radius 2 is 2.38 bits per heavy atom. The van der Waals surface area contributed by atoms with E-state index >= 15 is 0 Å². The highest BCUT2D eigenvalue weighted by atomic mass is 16.6. The minimum Gasteiger partial charge on any atom is -0.370 e. The van der Waals surface area contributed by atoms with Gasteiger partial charge in [0.1, 0.15) is 11.7 Å². The van der Waals surface area contributed by atoms with Crippen LogP contribution in [-0.2, 0) is 20.8 Å². The third-order valence-corrected chi connectivity index (χ3v) is 5.01. The molecule has 3 rings (SSSR count). The number of carbonyl (C=O) groups excluding carboxylic acids is 1. The van der Waals surface area contributed by atoms with Crippen molar-refractivity contribution in [2.24, 2.45) is 0 Å². The number of morpholine rings is 1. The van der Waals surface area contributed by atoms with Crippen LogP contribution in [0, 0.1) is 0 Å². The molecule has 24 heavy (non-hydrogen) atoms. The Morgan fingerprint density at radius 3 is 3.08 bits per heavy atom.